The first-order chi connectivity index (χ1) is 9.99. The molecule has 3 N–H and O–H groups in total. The van der Waals surface area contributed by atoms with Gasteiger partial charge in [-0.25, -0.2) is 9.78 Å². The van der Waals surface area contributed by atoms with Crippen molar-refractivity contribution in [1.29, 1.82) is 0 Å². The monoisotopic (exact) mass is 311 g/mol. The smallest absolute Gasteiger partial charge is 0.315 e. The van der Waals surface area contributed by atoms with Crippen LogP contribution in [-0.4, -0.2) is 27.6 Å². The van der Waals surface area contributed by atoms with Crippen molar-refractivity contribution < 1.29 is 14.7 Å². The molecule has 0 atom stereocenters. The number of carboxylic acids is 1. The van der Waals surface area contributed by atoms with Crippen LogP contribution in [0.4, 0.5) is 4.79 Å². The van der Waals surface area contributed by atoms with E-state index in [9.17, 15) is 9.59 Å². The van der Waals surface area contributed by atoms with Crippen molar-refractivity contribution in [3.63, 3.8) is 0 Å². The van der Waals surface area contributed by atoms with Crippen molar-refractivity contribution in [3.8, 4) is 0 Å². The Balaban J connectivity index is 1.89. The first kappa shape index (κ1) is 15.8. The average Bonchev–Trinajstić information content (AvgIpc) is 2.82. The number of carbonyl (C=O) groups excluding carboxylic acids is 1. The lowest BCUT2D eigenvalue weighted by Gasteiger charge is -2.36. The predicted octanol–water partition coefficient (Wildman–Crippen LogP) is 2.43. The summed E-state index contributed by atoms with van der Waals surface area (Å²) in [5.41, 5.74) is -0.604. The molecular formula is C14H21N3O3S. The van der Waals surface area contributed by atoms with E-state index in [-0.39, 0.29) is 12.5 Å². The number of urea groups is 1. The second-order valence-electron chi connectivity index (χ2n) is 5.58. The molecule has 116 valence electrons. The van der Waals surface area contributed by atoms with E-state index in [1.807, 2.05) is 6.92 Å². The Morgan fingerprint density at radius 3 is 2.67 bits per heavy atom. The van der Waals surface area contributed by atoms with Gasteiger partial charge in [0.25, 0.3) is 0 Å². The summed E-state index contributed by atoms with van der Waals surface area (Å²) < 4.78 is 0. The third-order valence-corrected chi connectivity index (χ3v) is 4.66. The minimum atomic E-state index is -0.868. The molecule has 6 nitrogen and oxygen atoms in total. The van der Waals surface area contributed by atoms with E-state index in [0.29, 0.717) is 6.54 Å². The molecule has 0 spiro atoms. The van der Waals surface area contributed by atoms with Crippen LogP contribution < -0.4 is 10.6 Å². The van der Waals surface area contributed by atoms with Gasteiger partial charge in [-0.1, -0.05) is 19.3 Å². The number of aryl methyl sites for hydroxylation is 1. The van der Waals surface area contributed by atoms with Crippen LogP contribution in [0, 0.1) is 6.92 Å². The van der Waals surface area contributed by atoms with Gasteiger partial charge in [-0.2, -0.15) is 0 Å². The van der Waals surface area contributed by atoms with E-state index in [1.54, 1.807) is 6.20 Å². The van der Waals surface area contributed by atoms with Crippen LogP contribution in [0.2, 0.25) is 0 Å². The van der Waals surface area contributed by atoms with Gasteiger partial charge in [0.1, 0.15) is 5.01 Å². The zero-order valence-corrected chi connectivity index (χ0v) is 13.0. The Morgan fingerprint density at radius 1 is 1.38 bits per heavy atom. The first-order valence-corrected chi connectivity index (χ1v) is 8.00. The molecule has 1 aliphatic carbocycles. The summed E-state index contributed by atoms with van der Waals surface area (Å²) in [5.74, 6) is -0.868. The maximum atomic E-state index is 12.0. The van der Waals surface area contributed by atoms with Crippen molar-refractivity contribution in [2.75, 3.05) is 0 Å². The van der Waals surface area contributed by atoms with Gasteiger partial charge in [0, 0.05) is 11.1 Å². The molecule has 0 unspecified atom stereocenters. The lowest BCUT2D eigenvalue weighted by atomic mass is 9.79. The van der Waals surface area contributed by atoms with E-state index in [2.05, 4.69) is 15.6 Å². The molecule has 2 amide bonds. The van der Waals surface area contributed by atoms with Gasteiger partial charge in [0.15, 0.2) is 0 Å². The molecule has 0 radical (unpaired) electrons. The summed E-state index contributed by atoms with van der Waals surface area (Å²) in [6.45, 7) is 2.33. The Bertz CT molecular complexity index is 509. The number of carboxylic acid groups (broad SMARTS) is 1. The number of amides is 2. The Kier molecular flexibility index (Phi) is 5.17. The fourth-order valence-corrected chi connectivity index (χ4v) is 3.51. The quantitative estimate of drug-likeness (QED) is 0.779. The first-order valence-electron chi connectivity index (χ1n) is 7.18. The van der Waals surface area contributed by atoms with Gasteiger partial charge >= 0.3 is 12.0 Å². The number of hydrogen-bond donors (Lipinski definition) is 3. The molecule has 7 heteroatoms. The summed E-state index contributed by atoms with van der Waals surface area (Å²) in [5, 5.41) is 15.6. The number of aromatic nitrogens is 1. The fourth-order valence-electron chi connectivity index (χ4n) is 2.79. The van der Waals surface area contributed by atoms with Gasteiger partial charge in [0.2, 0.25) is 0 Å². The van der Waals surface area contributed by atoms with Gasteiger partial charge < -0.3 is 15.7 Å². The standard InChI is InChI=1S/C14H21N3O3S/c1-10-8-15-11(21-10)9-16-13(20)17-14(7-12(18)19)5-3-2-4-6-14/h8H,2-7,9H2,1H3,(H,18,19)(H2,16,17,20). The molecule has 1 aromatic heterocycles. The normalized spacial score (nSPS) is 17.2. The molecule has 0 saturated heterocycles. The molecule has 21 heavy (non-hydrogen) atoms. The molecule has 0 aliphatic heterocycles. The Labute approximate surface area is 128 Å². The zero-order valence-electron chi connectivity index (χ0n) is 12.1. The van der Waals surface area contributed by atoms with Crippen LogP contribution in [0.25, 0.3) is 0 Å². The summed E-state index contributed by atoms with van der Waals surface area (Å²) in [6, 6.07) is -0.314. The lowest BCUT2D eigenvalue weighted by molar-refractivity contribution is -0.139. The topological polar surface area (TPSA) is 91.3 Å². The van der Waals surface area contributed by atoms with Gasteiger partial charge in [-0.3, -0.25) is 4.79 Å². The molecule has 0 bridgehead atoms. The minimum absolute atomic E-state index is 0.0171. The number of nitrogens with one attached hydrogen (secondary N) is 2. The molecule has 1 saturated carbocycles. The van der Waals surface area contributed by atoms with Gasteiger partial charge in [-0.05, 0) is 19.8 Å². The largest absolute Gasteiger partial charge is 0.481 e. The van der Waals surface area contributed by atoms with Crippen LogP contribution in [0.15, 0.2) is 6.20 Å². The predicted molar refractivity (Wildman–Crippen MR) is 80.3 cm³/mol. The summed E-state index contributed by atoms with van der Waals surface area (Å²) >= 11 is 1.54. The Morgan fingerprint density at radius 2 is 2.10 bits per heavy atom. The Hall–Kier alpha value is -1.63. The van der Waals surface area contributed by atoms with Crippen LogP contribution in [0.1, 0.15) is 48.4 Å². The summed E-state index contributed by atoms with van der Waals surface area (Å²) in [4.78, 5) is 28.4. The summed E-state index contributed by atoms with van der Waals surface area (Å²) in [7, 11) is 0. The maximum absolute atomic E-state index is 12.0. The SMILES string of the molecule is Cc1cnc(CNC(=O)NC2(CC(=O)O)CCCCC2)s1. The number of nitrogens with zero attached hydrogens (tertiary/aromatic N) is 1. The second-order valence-corrected chi connectivity index (χ2v) is 6.90. The molecule has 1 aromatic rings. The van der Waals surface area contributed by atoms with Crippen LogP contribution in [-0.2, 0) is 11.3 Å². The molecular weight excluding hydrogens is 290 g/mol. The highest BCUT2D eigenvalue weighted by Crippen LogP contribution is 2.31. The zero-order chi connectivity index (χ0) is 15.3. The van der Waals surface area contributed by atoms with Crippen LogP contribution in [0.3, 0.4) is 0 Å². The highest BCUT2D eigenvalue weighted by Gasteiger charge is 2.35. The fraction of sp³-hybridized carbons (Fsp3) is 0.643. The average molecular weight is 311 g/mol. The van der Waals surface area contributed by atoms with Crippen LogP contribution >= 0.6 is 11.3 Å². The highest BCUT2D eigenvalue weighted by molar-refractivity contribution is 7.11. The van der Waals surface area contributed by atoms with E-state index in [1.165, 1.54) is 11.3 Å². The number of aliphatic carboxylic acids is 1. The third-order valence-electron chi connectivity index (χ3n) is 3.75. The molecule has 1 fully saturated rings. The maximum Gasteiger partial charge on any atom is 0.315 e. The van der Waals surface area contributed by atoms with Crippen molar-refractivity contribution >= 4 is 23.3 Å². The lowest BCUT2D eigenvalue weighted by Crippen LogP contribution is -2.54. The number of thiazole rings is 1. The highest BCUT2D eigenvalue weighted by atomic mass is 32.1. The number of hydrogen-bond acceptors (Lipinski definition) is 4. The van der Waals surface area contributed by atoms with Crippen molar-refractivity contribution in [2.24, 2.45) is 0 Å². The second kappa shape index (κ2) is 6.89. The number of carbonyl (C=O) groups is 2. The molecule has 0 aromatic carbocycles. The minimum Gasteiger partial charge on any atom is -0.481 e. The van der Waals surface area contributed by atoms with E-state index in [0.717, 1.165) is 42.0 Å². The van der Waals surface area contributed by atoms with Gasteiger partial charge in [0.05, 0.1) is 18.5 Å². The van der Waals surface area contributed by atoms with E-state index < -0.39 is 11.5 Å². The third kappa shape index (κ3) is 4.70. The number of rotatable bonds is 5. The molecule has 1 aliphatic rings. The molecule has 1 heterocycles. The summed E-state index contributed by atoms with van der Waals surface area (Å²) in [6.07, 6.45) is 6.22. The van der Waals surface area contributed by atoms with Crippen molar-refractivity contribution in [2.45, 2.75) is 57.5 Å². The van der Waals surface area contributed by atoms with E-state index >= 15 is 0 Å². The van der Waals surface area contributed by atoms with Gasteiger partial charge in [-0.15, -0.1) is 11.3 Å². The van der Waals surface area contributed by atoms with Crippen molar-refractivity contribution in [3.05, 3.63) is 16.1 Å². The van der Waals surface area contributed by atoms with Crippen LogP contribution in [0.5, 0.6) is 0 Å². The van der Waals surface area contributed by atoms with E-state index in [4.69, 9.17) is 5.11 Å². The van der Waals surface area contributed by atoms with Crippen molar-refractivity contribution in [1.82, 2.24) is 15.6 Å². The molecule has 2 rings (SSSR count).